The maximum Gasteiger partial charge on any atom is 0.134 e. The van der Waals surface area contributed by atoms with E-state index in [1.807, 2.05) is 25.2 Å². The highest BCUT2D eigenvalue weighted by molar-refractivity contribution is 5.77. The first-order valence-electron chi connectivity index (χ1n) is 5.54. The second-order valence-electron chi connectivity index (χ2n) is 4.29. The van der Waals surface area contributed by atoms with E-state index in [2.05, 4.69) is 17.4 Å². The average Bonchev–Trinajstić information content (AvgIpc) is 2.99. The molecule has 1 aromatic carbocycles. The molecule has 15 heavy (non-hydrogen) atoms. The predicted octanol–water partition coefficient (Wildman–Crippen LogP) is 3.10. The lowest BCUT2D eigenvalue weighted by atomic mass is 10.1. The third-order valence-corrected chi connectivity index (χ3v) is 3.16. The summed E-state index contributed by atoms with van der Waals surface area (Å²) < 4.78 is 5.86. The van der Waals surface area contributed by atoms with Gasteiger partial charge in [0.15, 0.2) is 0 Å². The minimum absolute atomic E-state index is 0.400. The van der Waals surface area contributed by atoms with E-state index in [1.165, 1.54) is 18.2 Å². The lowest BCUT2D eigenvalue weighted by molar-refractivity contribution is 0.419. The van der Waals surface area contributed by atoms with Crippen molar-refractivity contribution < 1.29 is 4.42 Å². The Labute approximate surface area is 89.3 Å². The third kappa shape index (κ3) is 1.55. The van der Waals surface area contributed by atoms with Crippen molar-refractivity contribution >= 4 is 11.0 Å². The molecular weight excluding hydrogens is 186 g/mol. The zero-order chi connectivity index (χ0) is 10.3. The molecule has 0 bridgehead atoms. The van der Waals surface area contributed by atoms with Crippen molar-refractivity contribution in [3.05, 3.63) is 36.1 Å². The highest BCUT2D eigenvalue weighted by atomic mass is 16.3. The van der Waals surface area contributed by atoms with Crippen LogP contribution in [0.3, 0.4) is 0 Å². The second-order valence-corrected chi connectivity index (χ2v) is 4.29. The molecule has 1 atom stereocenters. The number of hydrogen-bond donors (Lipinski definition) is 1. The first kappa shape index (κ1) is 8.98. The first-order chi connectivity index (χ1) is 7.38. The van der Waals surface area contributed by atoms with Gasteiger partial charge in [0.2, 0.25) is 0 Å². The highest BCUT2D eigenvalue weighted by Crippen LogP contribution is 2.41. The molecule has 0 saturated heterocycles. The van der Waals surface area contributed by atoms with Gasteiger partial charge in [-0.15, -0.1) is 0 Å². The Morgan fingerprint density at radius 2 is 2.13 bits per heavy atom. The summed E-state index contributed by atoms with van der Waals surface area (Å²) in [5, 5.41) is 4.55. The van der Waals surface area contributed by atoms with Crippen molar-refractivity contribution in [2.45, 2.75) is 18.9 Å². The quantitative estimate of drug-likeness (QED) is 0.825. The van der Waals surface area contributed by atoms with Crippen molar-refractivity contribution in [1.82, 2.24) is 5.32 Å². The fourth-order valence-electron chi connectivity index (χ4n) is 2.20. The van der Waals surface area contributed by atoms with Crippen LogP contribution in [0.1, 0.15) is 24.6 Å². The Balaban J connectivity index is 2.02. The van der Waals surface area contributed by atoms with Gasteiger partial charge in [-0.1, -0.05) is 18.2 Å². The van der Waals surface area contributed by atoms with Crippen molar-refractivity contribution in [3.63, 3.8) is 0 Å². The van der Waals surface area contributed by atoms with Gasteiger partial charge in [-0.05, 0) is 37.9 Å². The second kappa shape index (κ2) is 3.38. The predicted molar refractivity (Wildman–Crippen MR) is 60.7 cm³/mol. The van der Waals surface area contributed by atoms with Crippen LogP contribution in [0.5, 0.6) is 0 Å². The number of hydrogen-bond acceptors (Lipinski definition) is 2. The van der Waals surface area contributed by atoms with Crippen LogP contribution >= 0.6 is 0 Å². The summed E-state index contributed by atoms with van der Waals surface area (Å²) >= 11 is 0. The molecule has 1 aliphatic carbocycles. The topological polar surface area (TPSA) is 25.2 Å². The van der Waals surface area contributed by atoms with Gasteiger partial charge in [0, 0.05) is 5.39 Å². The fraction of sp³-hybridized carbons (Fsp3) is 0.385. The molecule has 2 aromatic rings. The van der Waals surface area contributed by atoms with Crippen molar-refractivity contribution in [2.24, 2.45) is 5.92 Å². The zero-order valence-corrected chi connectivity index (χ0v) is 8.86. The van der Waals surface area contributed by atoms with Crippen molar-refractivity contribution in [1.29, 1.82) is 0 Å². The van der Waals surface area contributed by atoms with Gasteiger partial charge in [-0.25, -0.2) is 0 Å². The molecule has 1 heterocycles. The van der Waals surface area contributed by atoms with Gasteiger partial charge in [0.1, 0.15) is 11.3 Å². The molecule has 3 rings (SSSR count). The lowest BCUT2D eigenvalue weighted by Gasteiger charge is -2.11. The summed E-state index contributed by atoms with van der Waals surface area (Å²) in [6.07, 6.45) is 2.64. The molecule has 1 aromatic heterocycles. The number of benzene rings is 1. The molecule has 2 heteroatoms. The van der Waals surface area contributed by atoms with E-state index in [-0.39, 0.29) is 0 Å². The van der Waals surface area contributed by atoms with Crippen LogP contribution in [0.4, 0.5) is 0 Å². The smallest absolute Gasteiger partial charge is 0.134 e. The van der Waals surface area contributed by atoms with Gasteiger partial charge in [-0.2, -0.15) is 0 Å². The van der Waals surface area contributed by atoms with Crippen LogP contribution in [0.15, 0.2) is 34.7 Å². The van der Waals surface area contributed by atoms with Crippen molar-refractivity contribution in [2.75, 3.05) is 7.05 Å². The normalized spacial score (nSPS) is 18.2. The summed E-state index contributed by atoms with van der Waals surface area (Å²) in [7, 11) is 2.01. The molecule has 0 aliphatic heterocycles. The van der Waals surface area contributed by atoms with Crippen LogP contribution in [0, 0.1) is 5.92 Å². The van der Waals surface area contributed by atoms with Crippen LogP contribution in [0.2, 0.25) is 0 Å². The first-order valence-corrected chi connectivity index (χ1v) is 5.54. The van der Waals surface area contributed by atoms with Crippen molar-refractivity contribution in [3.8, 4) is 0 Å². The molecule has 1 N–H and O–H groups in total. The van der Waals surface area contributed by atoms with Gasteiger partial charge in [-0.3, -0.25) is 0 Å². The standard InChI is InChI=1S/C13H15NO/c1-14-13(9-6-7-9)12-8-10-4-2-3-5-11(10)15-12/h2-5,8-9,13-14H,6-7H2,1H3. The van der Waals surface area contributed by atoms with E-state index in [0.717, 1.165) is 17.3 Å². The summed E-state index contributed by atoms with van der Waals surface area (Å²) in [5.74, 6) is 1.86. The van der Waals surface area contributed by atoms with E-state index in [4.69, 9.17) is 4.42 Å². The summed E-state index contributed by atoms with van der Waals surface area (Å²) in [6, 6.07) is 10.8. The fourth-order valence-corrected chi connectivity index (χ4v) is 2.20. The molecular formula is C13H15NO. The van der Waals surface area contributed by atoms with Gasteiger partial charge in [0.25, 0.3) is 0 Å². The third-order valence-electron chi connectivity index (χ3n) is 3.16. The Bertz CT molecular complexity index is 437. The average molecular weight is 201 g/mol. The molecule has 1 saturated carbocycles. The highest BCUT2D eigenvalue weighted by Gasteiger charge is 2.33. The van der Waals surface area contributed by atoms with E-state index < -0.39 is 0 Å². The van der Waals surface area contributed by atoms with E-state index in [1.54, 1.807) is 0 Å². The summed E-state index contributed by atoms with van der Waals surface area (Å²) in [4.78, 5) is 0. The van der Waals surface area contributed by atoms with E-state index in [0.29, 0.717) is 6.04 Å². The largest absolute Gasteiger partial charge is 0.459 e. The molecule has 78 valence electrons. The molecule has 0 spiro atoms. The number of furan rings is 1. The molecule has 0 radical (unpaired) electrons. The van der Waals surface area contributed by atoms with Gasteiger partial charge >= 0.3 is 0 Å². The monoisotopic (exact) mass is 201 g/mol. The zero-order valence-electron chi connectivity index (χ0n) is 8.86. The molecule has 0 amide bonds. The van der Waals surface area contributed by atoms with E-state index in [9.17, 15) is 0 Å². The maximum atomic E-state index is 5.86. The van der Waals surface area contributed by atoms with Crippen LogP contribution in [-0.4, -0.2) is 7.05 Å². The Morgan fingerprint density at radius 1 is 1.33 bits per heavy atom. The van der Waals surface area contributed by atoms with Crippen LogP contribution in [-0.2, 0) is 0 Å². The number of fused-ring (bicyclic) bond motifs is 1. The number of rotatable bonds is 3. The molecule has 1 fully saturated rings. The van der Waals surface area contributed by atoms with Crippen LogP contribution < -0.4 is 5.32 Å². The Morgan fingerprint density at radius 3 is 2.80 bits per heavy atom. The molecule has 2 nitrogen and oxygen atoms in total. The molecule has 1 aliphatic rings. The Kier molecular flexibility index (Phi) is 2.03. The Hall–Kier alpha value is -1.28. The SMILES string of the molecule is CNC(c1cc2ccccc2o1)C1CC1. The minimum Gasteiger partial charge on any atom is -0.459 e. The minimum atomic E-state index is 0.400. The van der Waals surface area contributed by atoms with Crippen LogP contribution in [0.25, 0.3) is 11.0 Å². The summed E-state index contributed by atoms with van der Waals surface area (Å²) in [6.45, 7) is 0. The number of para-hydroxylation sites is 1. The maximum absolute atomic E-state index is 5.86. The van der Waals surface area contributed by atoms with Gasteiger partial charge < -0.3 is 9.73 Å². The lowest BCUT2D eigenvalue weighted by Crippen LogP contribution is -2.17. The van der Waals surface area contributed by atoms with Gasteiger partial charge in [0.05, 0.1) is 6.04 Å². The summed E-state index contributed by atoms with van der Waals surface area (Å²) in [5.41, 5.74) is 0.994. The van der Waals surface area contributed by atoms with E-state index >= 15 is 0 Å². The molecule has 1 unspecified atom stereocenters. The number of nitrogens with one attached hydrogen (secondary N) is 1.